The third-order valence-electron chi connectivity index (χ3n) is 4.21. The van der Waals surface area contributed by atoms with Gasteiger partial charge in [-0.25, -0.2) is 9.97 Å². The second-order valence-electron chi connectivity index (χ2n) is 6.65. The Morgan fingerprint density at radius 2 is 1.88 bits per heavy atom. The first-order valence-electron chi connectivity index (χ1n) is 8.66. The lowest BCUT2D eigenvalue weighted by Crippen LogP contribution is -2.29. The van der Waals surface area contributed by atoms with Gasteiger partial charge in [-0.15, -0.1) is 11.8 Å². The molecular formula is C20H27N3O2S. The standard InChI is InChI=1S/C20H27N3O2S/c1-11(2)18-21-14(5)17(20(23-18)26-7)19(24)22-13(4)15-10-12(3)8-9-16(15)25-6/h8-11,13H,1-7H3,(H,22,24). The Labute approximate surface area is 160 Å². The van der Waals surface area contributed by atoms with E-state index in [-0.39, 0.29) is 17.9 Å². The summed E-state index contributed by atoms with van der Waals surface area (Å²) in [5, 5.41) is 3.78. The molecule has 140 valence electrons. The van der Waals surface area contributed by atoms with Gasteiger partial charge in [0.25, 0.3) is 5.91 Å². The Bertz CT molecular complexity index is 806. The van der Waals surface area contributed by atoms with Crippen molar-refractivity contribution in [3.8, 4) is 5.75 Å². The summed E-state index contributed by atoms with van der Waals surface area (Å²) in [6, 6.07) is 5.75. The molecule has 0 bridgehead atoms. The molecule has 0 spiro atoms. The van der Waals surface area contributed by atoms with Gasteiger partial charge in [0.05, 0.1) is 24.4 Å². The van der Waals surface area contributed by atoms with Crippen LogP contribution in [0.5, 0.6) is 5.75 Å². The highest BCUT2D eigenvalue weighted by atomic mass is 32.2. The van der Waals surface area contributed by atoms with Gasteiger partial charge in [-0.05, 0) is 33.1 Å². The van der Waals surface area contributed by atoms with Gasteiger partial charge >= 0.3 is 0 Å². The molecule has 0 aliphatic rings. The highest BCUT2D eigenvalue weighted by molar-refractivity contribution is 7.98. The lowest BCUT2D eigenvalue weighted by molar-refractivity contribution is 0.0934. The van der Waals surface area contributed by atoms with E-state index >= 15 is 0 Å². The quantitative estimate of drug-likeness (QED) is 0.599. The van der Waals surface area contributed by atoms with Crippen LogP contribution in [0.15, 0.2) is 23.2 Å². The summed E-state index contributed by atoms with van der Waals surface area (Å²) >= 11 is 1.47. The second kappa shape index (κ2) is 8.54. The van der Waals surface area contributed by atoms with Gasteiger partial charge in [-0.2, -0.15) is 0 Å². The fraction of sp³-hybridized carbons (Fsp3) is 0.450. The number of hydrogen-bond donors (Lipinski definition) is 1. The van der Waals surface area contributed by atoms with Crippen LogP contribution in [0.3, 0.4) is 0 Å². The summed E-state index contributed by atoms with van der Waals surface area (Å²) in [4.78, 5) is 22.0. The number of nitrogens with one attached hydrogen (secondary N) is 1. The zero-order chi connectivity index (χ0) is 19.4. The van der Waals surface area contributed by atoms with Crippen LogP contribution in [0.4, 0.5) is 0 Å². The van der Waals surface area contributed by atoms with Crippen LogP contribution in [-0.2, 0) is 0 Å². The average Bonchev–Trinajstić information content (AvgIpc) is 2.60. The maximum Gasteiger partial charge on any atom is 0.256 e. The Balaban J connectivity index is 2.34. The van der Waals surface area contributed by atoms with E-state index in [1.54, 1.807) is 7.11 Å². The second-order valence-corrected chi connectivity index (χ2v) is 7.44. The Hall–Kier alpha value is -2.08. The number of carbonyl (C=O) groups excluding carboxylic acids is 1. The number of ether oxygens (including phenoxy) is 1. The molecular weight excluding hydrogens is 346 g/mol. The van der Waals surface area contributed by atoms with E-state index in [9.17, 15) is 4.79 Å². The molecule has 1 unspecified atom stereocenters. The summed E-state index contributed by atoms with van der Waals surface area (Å²) in [5.41, 5.74) is 3.31. The number of carbonyl (C=O) groups is 1. The summed E-state index contributed by atoms with van der Waals surface area (Å²) in [6.07, 6.45) is 1.93. The third-order valence-corrected chi connectivity index (χ3v) is 4.89. The number of aromatic nitrogens is 2. The molecule has 2 rings (SSSR count). The van der Waals surface area contributed by atoms with Crippen LogP contribution in [0.1, 0.15) is 65.7 Å². The molecule has 1 amide bonds. The molecule has 0 saturated carbocycles. The summed E-state index contributed by atoms with van der Waals surface area (Å²) < 4.78 is 5.44. The van der Waals surface area contributed by atoms with E-state index in [2.05, 4.69) is 15.3 Å². The first-order chi connectivity index (χ1) is 12.3. The topological polar surface area (TPSA) is 64.1 Å². The van der Waals surface area contributed by atoms with E-state index in [0.29, 0.717) is 16.3 Å². The predicted octanol–water partition coefficient (Wildman–Crippen LogP) is 4.44. The van der Waals surface area contributed by atoms with Crippen molar-refractivity contribution < 1.29 is 9.53 Å². The Morgan fingerprint density at radius 1 is 1.19 bits per heavy atom. The molecule has 0 fully saturated rings. The SMILES string of the molecule is COc1ccc(C)cc1C(C)NC(=O)c1c(C)nc(C(C)C)nc1SC. The minimum absolute atomic E-state index is 0.168. The zero-order valence-electron chi connectivity index (χ0n) is 16.5. The zero-order valence-corrected chi connectivity index (χ0v) is 17.3. The van der Waals surface area contributed by atoms with Crippen molar-refractivity contribution >= 4 is 17.7 Å². The molecule has 26 heavy (non-hydrogen) atoms. The summed E-state index contributed by atoms with van der Waals surface area (Å²) in [6.45, 7) is 9.92. The molecule has 1 aromatic heterocycles. The number of nitrogens with zero attached hydrogens (tertiary/aromatic N) is 2. The van der Waals surface area contributed by atoms with Crippen molar-refractivity contribution in [2.45, 2.75) is 51.6 Å². The number of thioether (sulfide) groups is 1. The minimum Gasteiger partial charge on any atom is -0.496 e. The number of amides is 1. The van der Waals surface area contributed by atoms with Gasteiger partial charge in [0, 0.05) is 11.5 Å². The van der Waals surface area contributed by atoms with Crippen LogP contribution in [0.2, 0.25) is 0 Å². The molecule has 0 aliphatic carbocycles. The van der Waals surface area contributed by atoms with Crippen LogP contribution >= 0.6 is 11.8 Å². The minimum atomic E-state index is -0.198. The van der Waals surface area contributed by atoms with E-state index < -0.39 is 0 Å². The summed E-state index contributed by atoms with van der Waals surface area (Å²) in [7, 11) is 1.64. The largest absolute Gasteiger partial charge is 0.496 e. The Kier molecular flexibility index (Phi) is 6.64. The lowest BCUT2D eigenvalue weighted by Gasteiger charge is -2.19. The highest BCUT2D eigenvalue weighted by Gasteiger charge is 2.22. The first kappa shape index (κ1) is 20.2. The summed E-state index contributed by atoms with van der Waals surface area (Å²) in [5.74, 6) is 1.57. The maximum absolute atomic E-state index is 12.9. The van der Waals surface area contributed by atoms with Gasteiger partial charge < -0.3 is 10.1 Å². The van der Waals surface area contributed by atoms with E-state index in [1.165, 1.54) is 11.8 Å². The normalized spacial score (nSPS) is 12.2. The molecule has 0 aliphatic heterocycles. The molecule has 5 nitrogen and oxygen atoms in total. The molecule has 1 atom stereocenters. The molecule has 0 radical (unpaired) electrons. The van der Waals surface area contributed by atoms with Crippen molar-refractivity contribution in [1.29, 1.82) is 0 Å². The van der Waals surface area contributed by atoms with Gasteiger partial charge in [0.2, 0.25) is 0 Å². The van der Waals surface area contributed by atoms with Crippen LogP contribution in [0.25, 0.3) is 0 Å². The van der Waals surface area contributed by atoms with Crippen molar-refractivity contribution in [2.24, 2.45) is 0 Å². The molecule has 2 aromatic rings. The molecule has 0 saturated heterocycles. The van der Waals surface area contributed by atoms with Crippen LogP contribution in [0, 0.1) is 13.8 Å². The van der Waals surface area contributed by atoms with Crippen molar-refractivity contribution in [3.63, 3.8) is 0 Å². The van der Waals surface area contributed by atoms with Crippen molar-refractivity contribution in [3.05, 3.63) is 46.4 Å². The van der Waals surface area contributed by atoms with E-state index in [0.717, 1.165) is 22.7 Å². The highest BCUT2D eigenvalue weighted by Crippen LogP contribution is 2.28. The first-order valence-corrected chi connectivity index (χ1v) is 9.88. The fourth-order valence-corrected chi connectivity index (χ4v) is 3.40. The molecule has 1 N–H and O–H groups in total. The van der Waals surface area contributed by atoms with Gasteiger partial charge in [0.1, 0.15) is 16.6 Å². The van der Waals surface area contributed by atoms with Gasteiger partial charge in [-0.1, -0.05) is 31.5 Å². The average molecular weight is 374 g/mol. The number of benzene rings is 1. The molecule has 1 aromatic carbocycles. The molecule has 6 heteroatoms. The van der Waals surface area contributed by atoms with E-state index in [4.69, 9.17) is 4.74 Å². The lowest BCUT2D eigenvalue weighted by atomic mass is 10.0. The molecule has 1 heterocycles. The number of hydrogen-bond acceptors (Lipinski definition) is 5. The monoisotopic (exact) mass is 373 g/mol. The van der Waals surface area contributed by atoms with Crippen LogP contribution in [-0.4, -0.2) is 29.2 Å². The number of aryl methyl sites for hydroxylation is 2. The van der Waals surface area contributed by atoms with E-state index in [1.807, 2.05) is 59.1 Å². The predicted molar refractivity (Wildman–Crippen MR) is 106 cm³/mol. The van der Waals surface area contributed by atoms with Gasteiger partial charge in [0.15, 0.2) is 0 Å². The van der Waals surface area contributed by atoms with Crippen LogP contribution < -0.4 is 10.1 Å². The number of methoxy groups -OCH3 is 1. The van der Waals surface area contributed by atoms with Crippen molar-refractivity contribution in [2.75, 3.05) is 13.4 Å². The fourth-order valence-electron chi connectivity index (χ4n) is 2.77. The maximum atomic E-state index is 12.9. The third kappa shape index (κ3) is 4.36. The smallest absolute Gasteiger partial charge is 0.256 e. The Morgan fingerprint density at radius 3 is 2.46 bits per heavy atom. The number of rotatable bonds is 6. The van der Waals surface area contributed by atoms with Gasteiger partial charge in [-0.3, -0.25) is 4.79 Å². The van der Waals surface area contributed by atoms with Crippen molar-refractivity contribution in [1.82, 2.24) is 15.3 Å².